The Morgan fingerprint density at radius 2 is 1.84 bits per heavy atom. The molecule has 100 valence electrons. The first-order chi connectivity index (χ1) is 9.22. The molecule has 0 unspecified atom stereocenters. The zero-order valence-electron chi connectivity index (χ0n) is 10.5. The molecule has 4 heteroatoms. The Morgan fingerprint density at radius 1 is 1.11 bits per heavy atom. The van der Waals surface area contributed by atoms with Crippen LogP contribution in [0.2, 0.25) is 0 Å². The van der Waals surface area contributed by atoms with E-state index in [9.17, 15) is 4.39 Å². The third-order valence-electron chi connectivity index (χ3n) is 2.72. The molecule has 2 aromatic rings. The minimum atomic E-state index is -0.241. The highest BCUT2D eigenvalue weighted by atomic mass is 79.9. The van der Waals surface area contributed by atoms with Gasteiger partial charge in [-0.05, 0) is 35.9 Å². The summed E-state index contributed by atoms with van der Waals surface area (Å²) in [5.74, 6) is 1.35. The summed E-state index contributed by atoms with van der Waals surface area (Å²) in [5, 5.41) is 0.683. The van der Waals surface area contributed by atoms with Gasteiger partial charge in [0, 0.05) is 10.9 Å². The van der Waals surface area contributed by atoms with Gasteiger partial charge in [-0.25, -0.2) is 4.39 Å². The van der Waals surface area contributed by atoms with E-state index in [2.05, 4.69) is 15.9 Å². The van der Waals surface area contributed by atoms with Gasteiger partial charge in [0.1, 0.15) is 23.9 Å². The first kappa shape index (κ1) is 13.9. The van der Waals surface area contributed by atoms with Gasteiger partial charge in [0.2, 0.25) is 0 Å². The van der Waals surface area contributed by atoms with Crippen LogP contribution in [0.5, 0.6) is 11.5 Å². The highest BCUT2D eigenvalue weighted by molar-refractivity contribution is 9.08. The molecule has 0 saturated carbocycles. The number of benzene rings is 2. The summed E-state index contributed by atoms with van der Waals surface area (Å²) in [6.07, 6.45) is 0. The zero-order valence-corrected chi connectivity index (χ0v) is 12.1. The Balaban J connectivity index is 2.08. The number of halogens is 2. The lowest BCUT2D eigenvalue weighted by molar-refractivity contribution is 0.303. The van der Waals surface area contributed by atoms with Crippen molar-refractivity contribution in [3.05, 3.63) is 59.4 Å². The zero-order chi connectivity index (χ0) is 13.7. The van der Waals surface area contributed by atoms with E-state index in [1.165, 1.54) is 12.1 Å². The van der Waals surface area contributed by atoms with Gasteiger partial charge in [0.05, 0.1) is 7.11 Å². The van der Waals surface area contributed by atoms with Crippen LogP contribution in [0, 0.1) is 5.82 Å². The van der Waals surface area contributed by atoms with Crippen LogP contribution >= 0.6 is 15.9 Å². The number of methoxy groups -OCH3 is 1. The molecule has 0 heterocycles. The fourth-order valence-electron chi connectivity index (χ4n) is 1.67. The SMILES string of the molecule is COc1ccc(OCc2ccc(F)cc2)c(CBr)c1. The maximum absolute atomic E-state index is 12.8. The van der Waals surface area contributed by atoms with Crippen LogP contribution in [0.25, 0.3) is 0 Å². The molecule has 0 fully saturated rings. The van der Waals surface area contributed by atoms with E-state index in [4.69, 9.17) is 9.47 Å². The van der Waals surface area contributed by atoms with Gasteiger partial charge in [-0.2, -0.15) is 0 Å². The molecule has 0 aliphatic rings. The Morgan fingerprint density at radius 3 is 2.47 bits per heavy atom. The molecule has 0 saturated heterocycles. The van der Waals surface area contributed by atoms with Gasteiger partial charge < -0.3 is 9.47 Å². The number of rotatable bonds is 5. The average Bonchev–Trinajstić information content (AvgIpc) is 2.46. The summed E-state index contributed by atoms with van der Waals surface area (Å²) in [6.45, 7) is 0.409. The second-order valence-corrected chi connectivity index (χ2v) is 4.58. The van der Waals surface area contributed by atoms with E-state index in [1.54, 1.807) is 19.2 Å². The molecule has 0 aliphatic heterocycles. The predicted molar refractivity (Wildman–Crippen MR) is 76.4 cm³/mol. The molecule has 0 spiro atoms. The molecule has 2 rings (SSSR count). The van der Waals surface area contributed by atoms with Gasteiger partial charge >= 0.3 is 0 Å². The van der Waals surface area contributed by atoms with E-state index in [0.29, 0.717) is 11.9 Å². The number of alkyl halides is 1. The van der Waals surface area contributed by atoms with Crippen molar-refractivity contribution in [2.24, 2.45) is 0 Å². The van der Waals surface area contributed by atoms with Crippen molar-refractivity contribution in [2.45, 2.75) is 11.9 Å². The molecular formula is C15H14BrFO2. The van der Waals surface area contributed by atoms with Crippen LogP contribution in [0.15, 0.2) is 42.5 Å². The third kappa shape index (κ3) is 3.70. The van der Waals surface area contributed by atoms with Crippen molar-refractivity contribution in [1.82, 2.24) is 0 Å². The van der Waals surface area contributed by atoms with Crippen molar-refractivity contribution < 1.29 is 13.9 Å². The molecular weight excluding hydrogens is 311 g/mol. The summed E-state index contributed by atoms with van der Waals surface area (Å²) >= 11 is 3.42. The van der Waals surface area contributed by atoms with Crippen LogP contribution in [0.3, 0.4) is 0 Å². The average molecular weight is 325 g/mol. The number of hydrogen-bond donors (Lipinski definition) is 0. The summed E-state index contributed by atoms with van der Waals surface area (Å²) in [5.41, 5.74) is 1.94. The van der Waals surface area contributed by atoms with E-state index < -0.39 is 0 Å². The molecule has 0 bridgehead atoms. The normalized spacial score (nSPS) is 10.3. The monoisotopic (exact) mass is 324 g/mol. The predicted octanol–water partition coefficient (Wildman–Crippen LogP) is 4.31. The largest absolute Gasteiger partial charge is 0.497 e. The summed E-state index contributed by atoms with van der Waals surface area (Å²) in [7, 11) is 1.63. The minimum Gasteiger partial charge on any atom is -0.497 e. The van der Waals surface area contributed by atoms with Crippen LogP contribution in [-0.2, 0) is 11.9 Å². The van der Waals surface area contributed by atoms with Crippen molar-refractivity contribution in [2.75, 3.05) is 7.11 Å². The van der Waals surface area contributed by atoms with Gasteiger partial charge in [0.25, 0.3) is 0 Å². The minimum absolute atomic E-state index is 0.241. The van der Waals surface area contributed by atoms with Gasteiger partial charge in [-0.15, -0.1) is 0 Å². The summed E-state index contributed by atoms with van der Waals surface area (Å²) < 4.78 is 23.7. The van der Waals surface area contributed by atoms with Crippen LogP contribution in [0.1, 0.15) is 11.1 Å². The number of ether oxygens (including phenoxy) is 2. The van der Waals surface area contributed by atoms with Gasteiger partial charge in [-0.3, -0.25) is 0 Å². The Hall–Kier alpha value is -1.55. The lowest BCUT2D eigenvalue weighted by atomic mass is 10.2. The van der Waals surface area contributed by atoms with E-state index in [1.807, 2.05) is 18.2 Å². The molecule has 0 amide bonds. The third-order valence-corrected chi connectivity index (χ3v) is 3.32. The van der Waals surface area contributed by atoms with Crippen molar-refractivity contribution in [1.29, 1.82) is 0 Å². The summed E-state index contributed by atoms with van der Waals surface area (Å²) in [4.78, 5) is 0. The van der Waals surface area contributed by atoms with Crippen LogP contribution in [-0.4, -0.2) is 7.11 Å². The van der Waals surface area contributed by atoms with E-state index in [0.717, 1.165) is 22.6 Å². The standard InChI is InChI=1S/C15H14BrFO2/c1-18-14-6-7-15(12(8-14)9-16)19-10-11-2-4-13(17)5-3-11/h2-8H,9-10H2,1H3. The Kier molecular flexibility index (Phi) is 4.80. The van der Waals surface area contributed by atoms with E-state index >= 15 is 0 Å². The fraction of sp³-hybridized carbons (Fsp3) is 0.200. The maximum Gasteiger partial charge on any atom is 0.124 e. The lowest BCUT2D eigenvalue weighted by Crippen LogP contribution is -1.98. The topological polar surface area (TPSA) is 18.5 Å². The molecule has 0 N–H and O–H groups in total. The lowest BCUT2D eigenvalue weighted by Gasteiger charge is -2.11. The Labute approximate surface area is 120 Å². The molecule has 0 aliphatic carbocycles. The van der Waals surface area contributed by atoms with Crippen molar-refractivity contribution in [3.8, 4) is 11.5 Å². The quantitative estimate of drug-likeness (QED) is 0.763. The van der Waals surface area contributed by atoms with Crippen LogP contribution < -0.4 is 9.47 Å². The van der Waals surface area contributed by atoms with Gasteiger partial charge in [0.15, 0.2) is 0 Å². The van der Waals surface area contributed by atoms with Crippen LogP contribution in [0.4, 0.5) is 4.39 Å². The first-order valence-corrected chi connectivity index (χ1v) is 6.95. The fourth-order valence-corrected chi connectivity index (χ4v) is 2.11. The second-order valence-electron chi connectivity index (χ2n) is 4.02. The van der Waals surface area contributed by atoms with Gasteiger partial charge in [-0.1, -0.05) is 28.1 Å². The molecule has 2 aromatic carbocycles. The maximum atomic E-state index is 12.8. The highest BCUT2D eigenvalue weighted by Crippen LogP contribution is 2.26. The molecule has 0 aromatic heterocycles. The second kappa shape index (κ2) is 6.57. The van der Waals surface area contributed by atoms with Crippen molar-refractivity contribution >= 4 is 15.9 Å². The molecule has 0 radical (unpaired) electrons. The molecule has 0 atom stereocenters. The van der Waals surface area contributed by atoms with E-state index in [-0.39, 0.29) is 5.82 Å². The van der Waals surface area contributed by atoms with Crippen molar-refractivity contribution in [3.63, 3.8) is 0 Å². The first-order valence-electron chi connectivity index (χ1n) is 5.83. The molecule has 2 nitrogen and oxygen atoms in total. The highest BCUT2D eigenvalue weighted by Gasteiger charge is 2.05. The Bertz CT molecular complexity index is 540. The summed E-state index contributed by atoms with van der Waals surface area (Å²) in [6, 6.07) is 11.9. The smallest absolute Gasteiger partial charge is 0.124 e. The number of hydrogen-bond acceptors (Lipinski definition) is 2. The molecule has 19 heavy (non-hydrogen) atoms.